The van der Waals surface area contributed by atoms with Crippen molar-refractivity contribution < 1.29 is 42.1 Å². The number of esters is 2. The molecule has 82 heavy (non-hydrogen) atoms. The molecular weight excluding hydrogens is 1040 g/mol. The van der Waals surface area contributed by atoms with Crippen LogP contribution in [0.25, 0.3) is 0 Å². The molecule has 0 aliphatic rings. The zero-order chi connectivity index (χ0) is 59.8. The molecule has 0 saturated heterocycles. The number of phosphoric ester groups is 1. The van der Waals surface area contributed by atoms with Gasteiger partial charge in [0.2, 0.25) is 0 Å². The summed E-state index contributed by atoms with van der Waals surface area (Å²) in [7, 11) is 1.50. The zero-order valence-electron chi connectivity index (χ0n) is 55.5. The van der Waals surface area contributed by atoms with Gasteiger partial charge in [-0.15, -0.1) is 0 Å². The number of nitrogens with zero attached hydrogens (tertiary/aromatic N) is 1. The Morgan fingerprint density at radius 1 is 0.378 bits per heavy atom. The van der Waals surface area contributed by atoms with Crippen LogP contribution in [0.4, 0.5) is 0 Å². The van der Waals surface area contributed by atoms with Gasteiger partial charge in [0.1, 0.15) is 19.8 Å². The van der Waals surface area contributed by atoms with Gasteiger partial charge in [0.15, 0.2) is 6.10 Å². The van der Waals surface area contributed by atoms with E-state index in [9.17, 15) is 19.0 Å². The zero-order valence-corrected chi connectivity index (χ0v) is 56.4. The van der Waals surface area contributed by atoms with Crippen LogP contribution in [-0.2, 0) is 32.7 Å². The molecule has 0 heterocycles. The Morgan fingerprint density at radius 3 is 0.963 bits per heavy atom. The smallest absolute Gasteiger partial charge is 0.462 e. The second kappa shape index (κ2) is 64.0. The van der Waals surface area contributed by atoms with Crippen LogP contribution < -0.4 is 0 Å². The molecule has 486 valence electrons. The van der Waals surface area contributed by atoms with Crippen molar-refractivity contribution in [1.29, 1.82) is 0 Å². The summed E-state index contributed by atoms with van der Waals surface area (Å²) >= 11 is 0. The van der Waals surface area contributed by atoms with Gasteiger partial charge in [0, 0.05) is 12.8 Å². The van der Waals surface area contributed by atoms with E-state index in [4.69, 9.17) is 18.5 Å². The van der Waals surface area contributed by atoms with Gasteiger partial charge < -0.3 is 18.9 Å². The minimum atomic E-state index is -4.39. The fourth-order valence-electron chi connectivity index (χ4n) is 10.9. The molecule has 10 heteroatoms. The number of carbonyl (C=O) groups excluding carboxylic acids is 2. The van der Waals surface area contributed by atoms with Crippen molar-refractivity contribution in [2.75, 3.05) is 47.5 Å². The van der Waals surface area contributed by atoms with Crippen molar-refractivity contribution in [3.05, 3.63) is 24.3 Å². The Hall–Kier alpha value is -1.51. The van der Waals surface area contributed by atoms with Gasteiger partial charge in [-0.05, 0) is 44.9 Å². The molecule has 0 rings (SSSR count). The van der Waals surface area contributed by atoms with E-state index in [0.29, 0.717) is 17.4 Å². The average Bonchev–Trinajstić information content (AvgIpc) is 3.46. The molecule has 0 aliphatic heterocycles. The van der Waals surface area contributed by atoms with E-state index < -0.39 is 26.5 Å². The molecule has 2 atom stereocenters. The monoisotopic (exact) mass is 1180 g/mol. The second-order valence-electron chi connectivity index (χ2n) is 26.0. The van der Waals surface area contributed by atoms with Crippen molar-refractivity contribution >= 4 is 19.8 Å². The summed E-state index contributed by atoms with van der Waals surface area (Å²) in [4.78, 5) is 35.9. The summed E-state index contributed by atoms with van der Waals surface area (Å²) in [5.74, 6) is -0.771. The first-order valence-electron chi connectivity index (χ1n) is 36.1. The average molecular weight is 1180 g/mol. The van der Waals surface area contributed by atoms with Crippen LogP contribution in [0.5, 0.6) is 0 Å². The van der Waals surface area contributed by atoms with Crippen LogP contribution >= 0.6 is 7.82 Å². The normalized spacial score (nSPS) is 13.2. The Kier molecular flexibility index (Phi) is 62.8. The Labute approximate surface area is 510 Å². The highest BCUT2D eigenvalue weighted by atomic mass is 31.2. The molecule has 0 aromatic heterocycles. The summed E-state index contributed by atoms with van der Waals surface area (Å²) in [5, 5.41) is 0. The molecule has 0 aromatic carbocycles. The number of unbranched alkanes of at least 4 members (excludes halogenated alkanes) is 50. The van der Waals surface area contributed by atoms with Crippen LogP contribution in [0.1, 0.15) is 373 Å². The van der Waals surface area contributed by atoms with Crippen LogP contribution in [0.2, 0.25) is 0 Å². The van der Waals surface area contributed by atoms with Crippen LogP contribution in [-0.4, -0.2) is 74.9 Å². The highest BCUT2D eigenvalue weighted by molar-refractivity contribution is 7.47. The number of ether oxygens (including phenoxy) is 2. The maximum absolute atomic E-state index is 12.9. The van der Waals surface area contributed by atoms with E-state index in [1.165, 1.54) is 302 Å². The summed E-state index contributed by atoms with van der Waals surface area (Å²) in [5.41, 5.74) is 0. The fraction of sp³-hybridized carbons (Fsp3) is 0.917. The molecule has 1 N–H and O–H groups in total. The van der Waals surface area contributed by atoms with Crippen molar-refractivity contribution in [2.45, 2.75) is 380 Å². The molecule has 0 aromatic rings. The highest BCUT2D eigenvalue weighted by Crippen LogP contribution is 2.43. The van der Waals surface area contributed by atoms with Crippen molar-refractivity contribution in [2.24, 2.45) is 0 Å². The molecule has 9 nitrogen and oxygen atoms in total. The van der Waals surface area contributed by atoms with Gasteiger partial charge in [-0.1, -0.05) is 340 Å². The third kappa shape index (κ3) is 67.6. The number of carbonyl (C=O) groups is 2. The van der Waals surface area contributed by atoms with E-state index in [-0.39, 0.29) is 25.6 Å². The summed E-state index contributed by atoms with van der Waals surface area (Å²) in [6.45, 7) is 4.50. The number of rotatable bonds is 68. The number of likely N-dealkylation sites (N-methyl/N-ethyl adjacent to an activating group) is 1. The SMILES string of the molecule is CCCCCCC/C=C\C/C=C\CCCCCCCCCCCCCCCCCCCCCCCCCCCC(=O)OC(COC(=O)CCCCCCCCCCCCCCCCCCCCCCC)COP(=O)(O)OCC[N+](C)(C)C. The van der Waals surface area contributed by atoms with Crippen LogP contribution in [0, 0.1) is 0 Å². The first kappa shape index (κ1) is 80.5. The summed E-state index contributed by atoms with van der Waals surface area (Å²) in [6.07, 6.45) is 80.1. The maximum atomic E-state index is 12.9. The van der Waals surface area contributed by atoms with Crippen molar-refractivity contribution in [1.82, 2.24) is 0 Å². The fourth-order valence-corrected chi connectivity index (χ4v) is 11.7. The Balaban J connectivity index is 3.92. The lowest BCUT2D eigenvalue weighted by Crippen LogP contribution is -2.37. The van der Waals surface area contributed by atoms with Gasteiger partial charge in [-0.2, -0.15) is 0 Å². The molecule has 0 spiro atoms. The van der Waals surface area contributed by atoms with E-state index in [2.05, 4.69) is 38.2 Å². The van der Waals surface area contributed by atoms with E-state index in [1.807, 2.05) is 21.1 Å². The first-order valence-corrected chi connectivity index (χ1v) is 37.6. The first-order chi connectivity index (χ1) is 40.0. The number of quaternary nitrogens is 1. The van der Waals surface area contributed by atoms with Gasteiger partial charge in [0.05, 0.1) is 27.7 Å². The minimum Gasteiger partial charge on any atom is -0.462 e. The molecule has 0 amide bonds. The third-order valence-electron chi connectivity index (χ3n) is 16.5. The van der Waals surface area contributed by atoms with Crippen LogP contribution in [0.15, 0.2) is 24.3 Å². The second-order valence-corrected chi connectivity index (χ2v) is 27.4. The van der Waals surface area contributed by atoms with Crippen molar-refractivity contribution in [3.8, 4) is 0 Å². The van der Waals surface area contributed by atoms with Gasteiger partial charge in [-0.3, -0.25) is 18.6 Å². The summed E-state index contributed by atoms with van der Waals surface area (Å²) in [6, 6.07) is 0. The lowest BCUT2D eigenvalue weighted by atomic mass is 10.0. The van der Waals surface area contributed by atoms with E-state index >= 15 is 0 Å². The molecule has 0 bridgehead atoms. The standard InChI is InChI=1S/C72H140NO8P/c1-6-8-10-12-14-16-18-20-22-24-26-28-29-30-31-32-33-34-35-36-37-38-39-40-41-42-43-45-47-49-51-53-55-57-59-61-63-65-72(75)81-70(69-80-82(76,77)79-67-66-73(3,4)5)68-78-71(74)64-62-60-58-56-54-52-50-48-46-44-27-25-23-21-19-17-15-13-11-9-7-2/h18,20,24,26,70H,6-17,19,21-23,25,27-69H2,1-5H3/p+1/b20-18-,26-24-. The number of hydrogen-bond donors (Lipinski definition) is 1. The van der Waals surface area contributed by atoms with Crippen molar-refractivity contribution in [3.63, 3.8) is 0 Å². The predicted octanol–water partition coefficient (Wildman–Crippen LogP) is 23.3. The highest BCUT2D eigenvalue weighted by Gasteiger charge is 2.27. The summed E-state index contributed by atoms with van der Waals surface area (Å²) < 4.78 is 34.7. The molecule has 0 saturated carbocycles. The molecule has 0 fully saturated rings. The van der Waals surface area contributed by atoms with Gasteiger partial charge >= 0.3 is 19.8 Å². The van der Waals surface area contributed by atoms with E-state index in [1.54, 1.807) is 0 Å². The van der Waals surface area contributed by atoms with E-state index in [0.717, 1.165) is 44.9 Å². The Bertz CT molecular complexity index is 1430. The third-order valence-corrected chi connectivity index (χ3v) is 17.5. The molecular formula is C72H141NO8P+. The van der Waals surface area contributed by atoms with Gasteiger partial charge in [0.25, 0.3) is 0 Å². The largest absolute Gasteiger partial charge is 0.472 e. The lowest BCUT2D eigenvalue weighted by Gasteiger charge is -2.24. The molecule has 0 aliphatic carbocycles. The molecule has 2 unspecified atom stereocenters. The maximum Gasteiger partial charge on any atom is 0.472 e. The number of hydrogen-bond acceptors (Lipinski definition) is 7. The minimum absolute atomic E-state index is 0.0363. The Morgan fingerprint density at radius 2 is 0.659 bits per heavy atom. The predicted molar refractivity (Wildman–Crippen MR) is 354 cm³/mol. The van der Waals surface area contributed by atoms with Gasteiger partial charge in [-0.25, -0.2) is 4.57 Å². The number of phosphoric acid groups is 1. The quantitative estimate of drug-likeness (QED) is 0.0211. The van der Waals surface area contributed by atoms with Crippen LogP contribution in [0.3, 0.4) is 0 Å². The molecule has 0 radical (unpaired) electrons. The number of allylic oxidation sites excluding steroid dienone is 4. The lowest BCUT2D eigenvalue weighted by molar-refractivity contribution is -0.870. The topological polar surface area (TPSA) is 108 Å².